The largest absolute Gasteiger partial charge is 0.308 e. The lowest BCUT2D eigenvalue weighted by Crippen LogP contribution is -2.29. The van der Waals surface area contributed by atoms with E-state index in [-0.39, 0.29) is 11.8 Å². The number of carbonyl (C=O) groups is 2. The molecule has 154 valence electrons. The third-order valence-corrected chi connectivity index (χ3v) is 7.14. The van der Waals surface area contributed by atoms with Gasteiger partial charge in [-0.25, -0.2) is 0 Å². The van der Waals surface area contributed by atoms with Crippen molar-refractivity contribution in [3.05, 3.63) is 63.5 Å². The van der Waals surface area contributed by atoms with Crippen molar-refractivity contribution in [1.29, 1.82) is 0 Å². The van der Waals surface area contributed by atoms with E-state index in [2.05, 4.69) is 22.9 Å². The van der Waals surface area contributed by atoms with Crippen molar-refractivity contribution in [1.82, 2.24) is 0 Å². The molecule has 0 radical (unpaired) electrons. The normalized spacial score (nSPS) is 18.5. The Kier molecular flexibility index (Phi) is 6.41. The molecule has 2 aliphatic heterocycles. The molecule has 1 fully saturated rings. The number of para-hydroxylation sites is 1. The summed E-state index contributed by atoms with van der Waals surface area (Å²) in [6.45, 7) is 2.83. The van der Waals surface area contributed by atoms with Crippen LogP contribution < -0.4 is 9.80 Å². The van der Waals surface area contributed by atoms with E-state index in [9.17, 15) is 9.59 Å². The maximum atomic E-state index is 13.4. The van der Waals surface area contributed by atoms with Crippen LogP contribution >= 0.6 is 39.9 Å². The molecular formula is C23H21BrN2O2S2. The Bertz CT molecular complexity index is 1050. The van der Waals surface area contributed by atoms with E-state index < -0.39 is 0 Å². The fourth-order valence-corrected chi connectivity index (χ4v) is 5.38. The molecule has 4 nitrogen and oxygen atoms in total. The molecule has 0 unspecified atom stereocenters. The second-order valence-corrected chi connectivity index (χ2v) is 9.78. The molecule has 2 aliphatic rings. The molecule has 0 atom stereocenters. The number of thioether (sulfide) groups is 1. The number of hydrogen-bond acceptors (Lipinski definition) is 4. The third kappa shape index (κ3) is 3.86. The van der Waals surface area contributed by atoms with Crippen molar-refractivity contribution in [3.63, 3.8) is 0 Å². The Morgan fingerprint density at radius 2 is 1.70 bits per heavy atom. The molecule has 0 aliphatic carbocycles. The number of fused-ring (bicyclic) bond motifs is 1. The first-order valence-electron chi connectivity index (χ1n) is 10.00. The third-order valence-electron chi connectivity index (χ3n) is 5.24. The highest BCUT2D eigenvalue weighted by Crippen LogP contribution is 2.45. The second kappa shape index (κ2) is 9.04. The summed E-state index contributed by atoms with van der Waals surface area (Å²) in [5.41, 5.74) is 2.86. The molecule has 2 aromatic carbocycles. The van der Waals surface area contributed by atoms with Gasteiger partial charge >= 0.3 is 0 Å². The lowest BCUT2D eigenvalue weighted by molar-refractivity contribution is -0.115. The fraction of sp³-hybridized carbons (Fsp3) is 0.261. The van der Waals surface area contributed by atoms with Crippen LogP contribution in [-0.2, 0) is 9.59 Å². The quantitative estimate of drug-likeness (QED) is 0.270. The van der Waals surface area contributed by atoms with Crippen molar-refractivity contribution in [2.75, 3.05) is 16.3 Å². The van der Waals surface area contributed by atoms with Crippen molar-refractivity contribution >= 4 is 73.0 Å². The molecule has 7 heteroatoms. The molecule has 4 rings (SSSR count). The lowest BCUT2D eigenvalue weighted by atomic mass is 10.1. The summed E-state index contributed by atoms with van der Waals surface area (Å²) in [5.74, 6) is -0.345. The van der Waals surface area contributed by atoms with E-state index in [0.29, 0.717) is 27.0 Å². The van der Waals surface area contributed by atoms with Gasteiger partial charge in [-0.15, -0.1) is 0 Å². The maximum absolute atomic E-state index is 13.4. The van der Waals surface area contributed by atoms with Gasteiger partial charge in [0.05, 0.1) is 21.9 Å². The minimum Gasteiger partial charge on any atom is -0.308 e. The molecular weight excluding hydrogens is 480 g/mol. The minimum atomic E-state index is -0.238. The number of amides is 2. The topological polar surface area (TPSA) is 40.6 Å². The number of halogens is 1. The molecule has 0 spiro atoms. The van der Waals surface area contributed by atoms with Crippen molar-refractivity contribution < 1.29 is 9.59 Å². The molecule has 2 amide bonds. The van der Waals surface area contributed by atoms with Gasteiger partial charge in [0.2, 0.25) is 0 Å². The fourth-order valence-electron chi connectivity index (χ4n) is 3.75. The summed E-state index contributed by atoms with van der Waals surface area (Å²) < 4.78 is 1.37. The number of benzene rings is 2. The number of anilines is 2. The Balaban J connectivity index is 1.70. The van der Waals surface area contributed by atoms with E-state index >= 15 is 0 Å². The Hall–Kier alpha value is -1.96. The Morgan fingerprint density at radius 3 is 2.43 bits per heavy atom. The van der Waals surface area contributed by atoms with Crippen LogP contribution in [0.4, 0.5) is 11.4 Å². The van der Waals surface area contributed by atoms with Crippen LogP contribution in [-0.4, -0.2) is 22.7 Å². The number of hydrogen-bond donors (Lipinski definition) is 0. The second-order valence-electron chi connectivity index (χ2n) is 7.22. The maximum Gasteiger partial charge on any atom is 0.271 e. The van der Waals surface area contributed by atoms with Crippen LogP contribution in [0.1, 0.15) is 38.2 Å². The first-order chi connectivity index (χ1) is 14.5. The average molecular weight is 501 g/mol. The molecule has 30 heavy (non-hydrogen) atoms. The van der Waals surface area contributed by atoms with Gasteiger partial charge in [0.15, 0.2) is 4.32 Å². The van der Waals surface area contributed by atoms with Gasteiger partial charge in [-0.3, -0.25) is 14.5 Å². The van der Waals surface area contributed by atoms with Crippen molar-refractivity contribution in [2.45, 2.75) is 32.6 Å². The Labute approximate surface area is 194 Å². The summed E-state index contributed by atoms with van der Waals surface area (Å²) in [6, 6.07) is 15.1. The molecule has 1 saturated heterocycles. The van der Waals surface area contributed by atoms with Crippen LogP contribution in [0.3, 0.4) is 0 Å². The first-order valence-corrected chi connectivity index (χ1v) is 12.0. The first kappa shape index (κ1) is 21.3. The predicted molar refractivity (Wildman–Crippen MR) is 132 cm³/mol. The summed E-state index contributed by atoms with van der Waals surface area (Å²) in [4.78, 5) is 30.4. The van der Waals surface area contributed by atoms with Crippen molar-refractivity contribution in [2.24, 2.45) is 0 Å². The van der Waals surface area contributed by atoms with Crippen LogP contribution in [0.2, 0.25) is 0 Å². The summed E-state index contributed by atoms with van der Waals surface area (Å²) >= 11 is 10.1. The van der Waals surface area contributed by atoms with E-state index in [1.165, 1.54) is 16.7 Å². The standard InChI is InChI=1S/C23H21BrN2O2S2/c1-2-3-4-7-14-25-18-9-6-5-8-17(18)19(21(25)27)20-22(28)26(23(29)30-20)16-12-10-15(24)11-13-16/h5-6,8-13H,2-4,7,14H2,1H3/b20-19-. The van der Waals surface area contributed by atoms with Gasteiger partial charge in [0.1, 0.15) is 0 Å². The van der Waals surface area contributed by atoms with Gasteiger partial charge in [-0.2, -0.15) is 0 Å². The van der Waals surface area contributed by atoms with Gasteiger partial charge in [0, 0.05) is 16.6 Å². The van der Waals surface area contributed by atoms with Crippen LogP contribution in [0.5, 0.6) is 0 Å². The summed E-state index contributed by atoms with van der Waals surface area (Å²) in [5, 5.41) is 0. The zero-order valence-electron chi connectivity index (χ0n) is 16.6. The highest BCUT2D eigenvalue weighted by atomic mass is 79.9. The number of carbonyl (C=O) groups excluding carboxylic acids is 2. The predicted octanol–water partition coefficient (Wildman–Crippen LogP) is 6.15. The van der Waals surface area contributed by atoms with Crippen LogP contribution in [0, 0.1) is 0 Å². The molecule has 0 aromatic heterocycles. The molecule has 2 heterocycles. The van der Waals surface area contributed by atoms with Crippen molar-refractivity contribution in [3.8, 4) is 0 Å². The monoisotopic (exact) mass is 500 g/mol. The zero-order valence-corrected chi connectivity index (χ0v) is 19.8. The lowest BCUT2D eigenvalue weighted by Gasteiger charge is -2.17. The van der Waals surface area contributed by atoms with Crippen LogP contribution in [0.15, 0.2) is 57.9 Å². The highest BCUT2D eigenvalue weighted by molar-refractivity contribution is 9.10. The van der Waals surface area contributed by atoms with Gasteiger partial charge in [-0.1, -0.05) is 84.3 Å². The van der Waals surface area contributed by atoms with Gasteiger partial charge < -0.3 is 4.90 Å². The molecule has 0 bridgehead atoms. The average Bonchev–Trinajstić information content (AvgIpc) is 3.18. The molecule has 0 N–H and O–H groups in total. The summed E-state index contributed by atoms with van der Waals surface area (Å²) in [6.07, 6.45) is 4.33. The minimum absolute atomic E-state index is 0.107. The van der Waals surface area contributed by atoms with Crippen LogP contribution in [0.25, 0.3) is 5.57 Å². The number of nitrogens with zero attached hydrogens (tertiary/aromatic N) is 2. The Morgan fingerprint density at radius 1 is 0.967 bits per heavy atom. The number of rotatable bonds is 6. The molecule has 0 saturated carbocycles. The molecule has 2 aromatic rings. The van der Waals surface area contributed by atoms with E-state index in [0.717, 1.165) is 41.4 Å². The SMILES string of the molecule is CCCCCCN1C(=O)/C(=C2\SC(=S)N(c3ccc(Br)cc3)C2=O)c2ccccc21. The van der Waals surface area contributed by atoms with Gasteiger partial charge in [-0.05, 0) is 36.8 Å². The highest BCUT2D eigenvalue weighted by Gasteiger charge is 2.42. The number of thiocarbonyl (C=S) groups is 1. The van der Waals surface area contributed by atoms with E-state index in [4.69, 9.17) is 12.2 Å². The van der Waals surface area contributed by atoms with E-state index in [1.807, 2.05) is 53.4 Å². The smallest absolute Gasteiger partial charge is 0.271 e. The van der Waals surface area contributed by atoms with Gasteiger partial charge in [0.25, 0.3) is 11.8 Å². The number of unbranched alkanes of at least 4 members (excludes halogenated alkanes) is 3. The zero-order chi connectivity index (χ0) is 21.3. The summed E-state index contributed by atoms with van der Waals surface area (Å²) in [7, 11) is 0. The van der Waals surface area contributed by atoms with E-state index in [1.54, 1.807) is 0 Å².